The van der Waals surface area contributed by atoms with Crippen LogP contribution < -0.4 is 5.32 Å². The fourth-order valence-corrected chi connectivity index (χ4v) is 2.59. The van der Waals surface area contributed by atoms with Crippen molar-refractivity contribution < 1.29 is 4.79 Å². The lowest BCUT2D eigenvalue weighted by Gasteiger charge is -2.07. The fraction of sp³-hybridized carbons (Fsp3) is 0.235. The summed E-state index contributed by atoms with van der Waals surface area (Å²) < 4.78 is 1.81. The summed E-state index contributed by atoms with van der Waals surface area (Å²) in [6.45, 7) is 2.49. The van der Waals surface area contributed by atoms with Crippen molar-refractivity contribution in [2.75, 3.05) is 11.6 Å². The Bertz CT molecular complexity index is 825. The van der Waals surface area contributed by atoms with Gasteiger partial charge in [0.15, 0.2) is 5.82 Å². The van der Waals surface area contributed by atoms with Crippen molar-refractivity contribution in [2.45, 2.75) is 18.7 Å². The van der Waals surface area contributed by atoms with Crippen LogP contribution in [0.25, 0.3) is 10.9 Å². The summed E-state index contributed by atoms with van der Waals surface area (Å²) in [5.74, 6) is 0.540. The first-order valence-corrected chi connectivity index (χ1v) is 8.66. The van der Waals surface area contributed by atoms with Gasteiger partial charge in [-0.3, -0.25) is 14.5 Å². The van der Waals surface area contributed by atoms with Crippen LogP contribution in [0.3, 0.4) is 0 Å². The Kier molecular flexibility index (Phi) is 4.62. The van der Waals surface area contributed by atoms with E-state index in [9.17, 15) is 4.79 Å². The van der Waals surface area contributed by atoms with Gasteiger partial charge < -0.3 is 5.32 Å². The van der Waals surface area contributed by atoms with E-state index >= 15 is 0 Å². The molecule has 3 aromatic rings. The molecule has 1 amide bonds. The van der Waals surface area contributed by atoms with Crippen molar-refractivity contribution in [1.29, 1.82) is 0 Å². The molecule has 5 nitrogen and oxygen atoms in total. The van der Waals surface area contributed by atoms with Gasteiger partial charge >= 0.3 is 0 Å². The molecule has 2 aromatic heterocycles. The Balaban J connectivity index is 1.77. The highest BCUT2D eigenvalue weighted by Gasteiger charge is 2.12. The summed E-state index contributed by atoms with van der Waals surface area (Å²) in [4.78, 5) is 16.3. The van der Waals surface area contributed by atoms with E-state index in [1.807, 2.05) is 60.5 Å². The fourth-order valence-electron chi connectivity index (χ4n) is 2.32. The minimum Gasteiger partial charge on any atom is -0.308 e. The summed E-state index contributed by atoms with van der Waals surface area (Å²) >= 11 is 1.51. The number of para-hydroxylation sites is 1. The molecule has 0 aliphatic rings. The lowest BCUT2D eigenvalue weighted by molar-refractivity contribution is -0.115. The lowest BCUT2D eigenvalue weighted by Crippen LogP contribution is -2.22. The normalized spacial score (nSPS) is 12.3. The van der Waals surface area contributed by atoms with Crippen LogP contribution in [-0.4, -0.2) is 32.2 Å². The quantitative estimate of drug-likeness (QED) is 0.782. The van der Waals surface area contributed by atoms with E-state index < -0.39 is 0 Å². The van der Waals surface area contributed by atoms with E-state index in [1.54, 1.807) is 6.20 Å². The van der Waals surface area contributed by atoms with Crippen LogP contribution >= 0.6 is 11.8 Å². The molecule has 3 rings (SSSR count). The zero-order valence-electron chi connectivity index (χ0n) is 13.1. The zero-order valence-corrected chi connectivity index (χ0v) is 13.9. The van der Waals surface area contributed by atoms with Gasteiger partial charge in [0.25, 0.3) is 0 Å². The topological polar surface area (TPSA) is 59.8 Å². The highest BCUT2D eigenvalue weighted by atomic mass is 32.2. The number of aromatic nitrogens is 3. The van der Waals surface area contributed by atoms with E-state index in [-0.39, 0.29) is 11.2 Å². The van der Waals surface area contributed by atoms with Gasteiger partial charge in [-0.15, -0.1) is 0 Å². The molecule has 118 valence electrons. The monoisotopic (exact) mass is 326 g/mol. The third-order valence-electron chi connectivity index (χ3n) is 3.66. The number of amides is 1. The molecule has 1 N–H and O–H groups in total. The number of hydrogen-bond donors (Lipinski definition) is 1. The number of pyridine rings is 1. The number of carbonyl (C=O) groups excluding carboxylic acids is 1. The Morgan fingerprint density at radius 1 is 1.30 bits per heavy atom. The Labute approximate surface area is 139 Å². The molecular formula is C17H18N4OS. The first kappa shape index (κ1) is 15.6. The van der Waals surface area contributed by atoms with Crippen molar-refractivity contribution >= 4 is 34.4 Å². The second-order valence-corrected chi connectivity index (χ2v) is 6.44. The number of rotatable bonds is 5. The van der Waals surface area contributed by atoms with Crippen LogP contribution in [0.1, 0.15) is 12.5 Å². The first-order valence-electron chi connectivity index (χ1n) is 7.37. The van der Waals surface area contributed by atoms with Gasteiger partial charge in [-0.05, 0) is 24.8 Å². The predicted octanol–water partition coefficient (Wildman–Crippen LogP) is 3.17. The molecule has 1 atom stereocenters. The van der Waals surface area contributed by atoms with Gasteiger partial charge in [0.1, 0.15) is 0 Å². The minimum absolute atomic E-state index is 0.0328. The largest absolute Gasteiger partial charge is 0.308 e. The van der Waals surface area contributed by atoms with Crippen LogP contribution in [0.5, 0.6) is 0 Å². The average Bonchev–Trinajstić information content (AvgIpc) is 3.01. The molecule has 0 saturated carbocycles. The van der Waals surface area contributed by atoms with Gasteiger partial charge in [0, 0.05) is 23.8 Å². The molecule has 1 aromatic carbocycles. The third kappa shape index (κ3) is 3.53. The van der Waals surface area contributed by atoms with Gasteiger partial charge in [-0.25, -0.2) is 0 Å². The van der Waals surface area contributed by atoms with Crippen LogP contribution in [0, 0.1) is 0 Å². The number of nitrogens with one attached hydrogen (secondary N) is 1. The molecule has 0 spiro atoms. The smallest absolute Gasteiger partial charge is 0.238 e. The standard InChI is InChI=1S/C17H18N4OS/c1-12(23-2)17(22)19-15-8-10-21(20-15)11-14-6-3-5-13-7-4-9-18-16(13)14/h3-10,12H,11H2,1-2H3,(H,19,20,22)/t12-/m0/s1. The number of benzene rings is 1. The number of fused-ring (bicyclic) bond motifs is 1. The number of carbonyl (C=O) groups is 1. The lowest BCUT2D eigenvalue weighted by atomic mass is 10.1. The van der Waals surface area contributed by atoms with E-state index in [0.29, 0.717) is 12.4 Å². The second kappa shape index (κ2) is 6.83. The molecule has 23 heavy (non-hydrogen) atoms. The average molecular weight is 326 g/mol. The van der Waals surface area contributed by atoms with Crippen molar-refractivity contribution in [3.63, 3.8) is 0 Å². The van der Waals surface area contributed by atoms with Gasteiger partial charge in [0.05, 0.1) is 17.3 Å². The number of nitrogens with zero attached hydrogens (tertiary/aromatic N) is 3. The Morgan fingerprint density at radius 3 is 2.96 bits per heavy atom. The molecule has 0 aliphatic carbocycles. The van der Waals surface area contributed by atoms with Crippen molar-refractivity contribution in [3.8, 4) is 0 Å². The summed E-state index contributed by atoms with van der Waals surface area (Å²) in [7, 11) is 0. The molecule has 0 radical (unpaired) electrons. The summed E-state index contributed by atoms with van der Waals surface area (Å²) in [5.41, 5.74) is 2.08. The predicted molar refractivity (Wildman–Crippen MR) is 94.7 cm³/mol. The molecule has 6 heteroatoms. The van der Waals surface area contributed by atoms with Crippen LogP contribution in [0.15, 0.2) is 48.8 Å². The van der Waals surface area contributed by atoms with Crippen LogP contribution in [0.2, 0.25) is 0 Å². The molecule has 0 fully saturated rings. The maximum atomic E-state index is 11.9. The third-order valence-corrected chi connectivity index (χ3v) is 4.58. The zero-order chi connectivity index (χ0) is 16.2. The van der Waals surface area contributed by atoms with Gasteiger partial charge in [-0.1, -0.05) is 24.3 Å². The Morgan fingerprint density at radius 2 is 2.13 bits per heavy atom. The van der Waals surface area contributed by atoms with Gasteiger partial charge in [0.2, 0.25) is 5.91 Å². The molecule has 0 bridgehead atoms. The molecule has 0 saturated heterocycles. The highest BCUT2D eigenvalue weighted by Crippen LogP contribution is 2.17. The van der Waals surface area contributed by atoms with E-state index in [1.165, 1.54) is 11.8 Å². The van der Waals surface area contributed by atoms with Crippen LogP contribution in [0.4, 0.5) is 5.82 Å². The van der Waals surface area contributed by atoms with Crippen molar-refractivity contribution in [2.24, 2.45) is 0 Å². The summed E-state index contributed by atoms with van der Waals surface area (Å²) in [6.07, 6.45) is 5.57. The summed E-state index contributed by atoms with van der Waals surface area (Å²) in [5, 5.41) is 8.26. The first-order chi connectivity index (χ1) is 11.2. The number of anilines is 1. The summed E-state index contributed by atoms with van der Waals surface area (Å²) in [6, 6.07) is 11.9. The maximum absolute atomic E-state index is 11.9. The highest BCUT2D eigenvalue weighted by molar-refractivity contribution is 7.99. The van der Waals surface area contributed by atoms with E-state index in [2.05, 4.69) is 15.4 Å². The van der Waals surface area contributed by atoms with Crippen LogP contribution in [-0.2, 0) is 11.3 Å². The van der Waals surface area contributed by atoms with E-state index in [0.717, 1.165) is 16.5 Å². The Hall–Kier alpha value is -2.34. The number of thioether (sulfide) groups is 1. The maximum Gasteiger partial charge on any atom is 0.238 e. The van der Waals surface area contributed by atoms with Gasteiger partial charge in [-0.2, -0.15) is 16.9 Å². The SMILES string of the molecule is CS[C@@H](C)C(=O)Nc1ccn(Cc2cccc3cccnc23)n1. The molecule has 0 aliphatic heterocycles. The molecule has 0 unspecified atom stereocenters. The molecule has 2 heterocycles. The minimum atomic E-state index is -0.0950. The second-order valence-electron chi connectivity index (χ2n) is 5.26. The van der Waals surface area contributed by atoms with Crippen molar-refractivity contribution in [1.82, 2.24) is 14.8 Å². The van der Waals surface area contributed by atoms with E-state index in [4.69, 9.17) is 0 Å². The van der Waals surface area contributed by atoms with Crippen molar-refractivity contribution in [3.05, 3.63) is 54.4 Å². The molecular weight excluding hydrogens is 308 g/mol. The number of hydrogen-bond acceptors (Lipinski definition) is 4.